The Balaban J connectivity index is 2.12. The molecule has 1 N–H and O–H groups in total. The molecular weight excluding hydrogens is 302 g/mol. The lowest BCUT2D eigenvalue weighted by Crippen LogP contribution is -2.41. The molecule has 1 aromatic rings. The molecule has 0 amide bonds. The number of aromatic nitrogens is 2. The first kappa shape index (κ1) is 17.0. The van der Waals surface area contributed by atoms with Crippen LogP contribution in [0.15, 0.2) is 11.0 Å². The number of hydrogen-bond donors (Lipinski definition) is 1. The molecule has 0 aromatic carbocycles. The van der Waals surface area contributed by atoms with E-state index in [-0.39, 0.29) is 24.1 Å². The number of esters is 2. The SMILES string of the molecule is CCOC(=O)c1cnc(N2CCC[C@@H](C(=O)OCC)C2)[nH]c1=O. The van der Waals surface area contributed by atoms with Crippen LogP contribution in [-0.4, -0.2) is 48.2 Å². The monoisotopic (exact) mass is 323 g/mol. The second-order valence-corrected chi connectivity index (χ2v) is 5.21. The summed E-state index contributed by atoms with van der Waals surface area (Å²) >= 11 is 0. The van der Waals surface area contributed by atoms with Gasteiger partial charge >= 0.3 is 11.9 Å². The Labute approximate surface area is 133 Å². The molecule has 1 fully saturated rings. The van der Waals surface area contributed by atoms with Crippen LogP contribution in [0.25, 0.3) is 0 Å². The number of nitrogens with one attached hydrogen (secondary N) is 1. The molecule has 2 rings (SSSR count). The predicted octanol–water partition coefficient (Wildman–Crippen LogP) is 0.726. The average Bonchev–Trinajstić information content (AvgIpc) is 2.55. The van der Waals surface area contributed by atoms with Gasteiger partial charge in [0.25, 0.3) is 5.56 Å². The maximum atomic E-state index is 12.0. The summed E-state index contributed by atoms with van der Waals surface area (Å²) in [5.41, 5.74) is -0.679. The Morgan fingerprint density at radius 3 is 2.74 bits per heavy atom. The van der Waals surface area contributed by atoms with Gasteiger partial charge in [0.1, 0.15) is 5.56 Å². The smallest absolute Gasteiger partial charge is 0.345 e. The van der Waals surface area contributed by atoms with Crippen molar-refractivity contribution in [1.82, 2.24) is 9.97 Å². The summed E-state index contributed by atoms with van der Waals surface area (Å²) in [6.45, 7) is 5.08. The lowest BCUT2D eigenvalue weighted by atomic mass is 9.98. The number of H-pyrrole nitrogens is 1. The summed E-state index contributed by atoms with van der Waals surface area (Å²) in [7, 11) is 0. The molecule has 0 aliphatic carbocycles. The summed E-state index contributed by atoms with van der Waals surface area (Å²) < 4.78 is 9.84. The highest BCUT2D eigenvalue weighted by Crippen LogP contribution is 2.20. The van der Waals surface area contributed by atoms with Gasteiger partial charge in [0.15, 0.2) is 0 Å². The second-order valence-electron chi connectivity index (χ2n) is 5.21. The van der Waals surface area contributed by atoms with Crippen molar-refractivity contribution in [2.24, 2.45) is 5.92 Å². The Kier molecular flexibility index (Phi) is 5.72. The molecule has 1 aliphatic rings. The molecule has 8 heteroatoms. The molecule has 0 spiro atoms. The van der Waals surface area contributed by atoms with Gasteiger partial charge in [-0.2, -0.15) is 0 Å². The molecule has 126 valence electrons. The number of piperidine rings is 1. The molecule has 0 saturated carbocycles. The molecule has 2 heterocycles. The van der Waals surface area contributed by atoms with Crippen molar-refractivity contribution in [3.05, 3.63) is 22.1 Å². The Hall–Kier alpha value is -2.38. The van der Waals surface area contributed by atoms with Crippen molar-refractivity contribution >= 4 is 17.9 Å². The minimum Gasteiger partial charge on any atom is -0.466 e. The van der Waals surface area contributed by atoms with Crippen molar-refractivity contribution in [3.8, 4) is 0 Å². The third-order valence-electron chi connectivity index (χ3n) is 3.62. The van der Waals surface area contributed by atoms with Crippen LogP contribution in [0.3, 0.4) is 0 Å². The Morgan fingerprint density at radius 2 is 2.09 bits per heavy atom. The average molecular weight is 323 g/mol. The van der Waals surface area contributed by atoms with E-state index in [0.29, 0.717) is 25.6 Å². The van der Waals surface area contributed by atoms with Gasteiger partial charge in [0, 0.05) is 13.1 Å². The topological polar surface area (TPSA) is 102 Å². The van der Waals surface area contributed by atoms with E-state index in [0.717, 1.165) is 12.8 Å². The largest absolute Gasteiger partial charge is 0.466 e. The van der Waals surface area contributed by atoms with E-state index in [2.05, 4.69) is 9.97 Å². The lowest BCUT2D eigenvalue weighted by molar-refractivity contribution is -0.148. The molecule has 1 saturated heterocycles. The molecule has 0 unspecified atom stereocenters. The van der Waals surface area contributed by atoms with Crippen LogP contribution in [0.4, 0.5) is 5.95 Å². The number of hydrogen-bond acceptors (Lipinski definition) is 7. The normalized spacial score (nSPS) is 17.7. The van der Waals surface area contributed by atoms with Crippen LogP contribution in [0.5, 0.6) is 0 Å². The quantitative estimate of drug-likeness (QED) is 0.797. The van der Waals surface area contributed by atoms with Gasteiger partial charge in [-0.1, -0.05) is 0 Å². The highest BCUT2D eigenvalue weighted by atomic mass is 16.5. The maximum absolute atomic E-state index is 12.0. The van der Waals surface area contributed by atoms with Gasteiger partial charge in [0.2, 0.25) is 5.95 Å². The lowest BCUT2D eigenvalue weighted by Gasteiger charge is -2.31. The molecule has 1 aromatic heterocycles. The molecular formula is C15H21N3O5. The van der Waals surface area contributed by atoms with Crippen LogP contribution in [0.1, 0.15) is 37.0 Å². The van der Waals surface area contributed by atoms with Crippen molar-refractivity contribution in [2.75, 3.05) is 31.2 Å². The highest BCUT2D eigenvalue weighted by Gasteiger charge is 2.28. The molecule has 1 aliphatic heterocycles. The van der Waals surface area contributed by atoms with Crippen molar-refractivity contribution in [3.63, 3.8) is 0 Å². The number of anilines is 1. The van der Waals surface area contributed by atoms with E-state index in [1.807, 2.05) is 4.90 Å². The van der Waals surface area contributed by atoms with Crippen molar-refractivity contribution in [2.45, 2.75) is 26.7 Å². The van der Waals surface area contributed by atoms with Crippen LogP contribution < -0.4 is 10.5 Å². The molecule has 8 nitrogen and oxygen atoms in total. The first-order valence-corrected chi connectivity index (χ1v) is 7.74. The number of nitrogens with zero attached hydrogens (tertiary/aromatic N) is 2. The fraction of sp³-hybridized carbons (Fsp3) is 0.600. The Morgan fingerprint density at radius 1 is 1.35 bits per heavy atom. The summed E-state index contributed by atoms with van der Waals surface area (Å²) in [6, 6.07) is 0. The third kappa shape index (κ3) is 4.08. The molecule has 23 heavy (non-hydrogen) atoms. The predicted molar refractivity (Wildman–Crippen MR) is 82.4 cm³/mol. The Bertz CT molecular complexity index is 628. The van der Waals surface area contributed by atoms with Crippen LogP contribution >= 0.6 is 0 Å². The van der Waals surface area contributed by atoms with Crippen molar-refractivity contribution in [1.29, 1.82) is 0 Å². The van der Waals surface area contributed by atoms with Crippen LogP contribution in [0.2, 0.25) is 0 Å². The van der Waals surface area contributed by atoms with Gasteiger partial charge in [-0.15, -0.1) is 0 Å². The summed E-state index contributed by atoms with van der Waals surface area (Å²) in [5.74, 6) is -0.825. The number of rotatable bonds is 5. The molecule has 0 radical (unpaired) electrons. The van der Waals surface area contributed by atoms with Gasteiger partial charge < -0.3 is 14.4 Å². The van der Waals surface area contributed by atoms with E-state index < -0.39 is 11.5 Å². The minimum absolute atomic E-state index is 0.130. The maximum Gasteiger partial charge on any atom is 0.345 e. The molecule has 0 bridgehead atoms. The summed E-state index contributed by atoms with van der Waals surface area (Å²) in [4.78, 5) is 44.0. The fourth-order valence-electron chi connectivity index (χ4n) is 2.52. The van der Waals surface area contributed by atoms with Crippen LogP contribution in [-0.2, 0) is 14.3 Å². The summed E-state index contributed by atoms with van der Waals surface area (Å²) in [6.07, 6.45) is 2.76. The van der Waals surface area contributed by atoms with Gasteiger partial charge in [-0.3, -0.25) is 14.6 Å². The number of ether oxygens (including phenoxy) is 2. The first-order valence-electron chi connectivity index (χ1n) is 7.74. The van der Waals surface area contributed by atoms with E-state index >= 15 is 0 Å². The van der Waals surface area contributed by atoms with E-state index in [1.165, 1.54) is 6.20 Å². The number of aromatic amines is 1. The van der Waals surface area contributed by atoms with E-state index in [4.69, 9.17) is 9.47 Å². The summed E-state index contributed by atoms with van der Waals surface area (Å²) in [5, 5.41) is 0. The number of carbonyl (C=O) groups excluding carboxylic acids is 2. The zero-order valence-corrected chi connectivity index (χ0v) is 13.3. The van der Waals surface area contributed by atoms with Crippen LogP contribution in [0, 0.1) is 5.92 Å². The fourth-order valence-corrected chi connectivity index (χ4v) is 2.52. The van der Waals surface area contributed by atoms with E-state index in [1.54, 1.807) is 13.8 Å². The van der Waals surface area contributed by atoms with E-state index in [9.17, 15) is 14.4 Å². The molecule has 1 atom stereocenters. The number of carbonyl (C=O) groups is 2. The van der Waals surface area contributed by atoms with Gasteiger partial charge in [-0.05, 0) is 26.7 Å². The third-order valence-corrected chi connectivity index (χ3v) is 3.62. The van der Waals surface area contributed by atoms with Gasteiger partial charge in [0.05, 0.1) is 25.3 Å². The van der Waals surface area contributed by atoms with Gasteiger partial charge in [-0.25, -0.2) is 9.78 Å². The first-order chi connectivity index (χ1) is 11.1. The zero-order valence-electron chi connectivity index (χ0n) is 13.3. The minimum atomic E-state index is -0.698. The van der Waals surface area contributed by atoms with Crippen molar-refractivity contribution < 1.29 is 19.1 Å². The standard InChI is InChI=1S/C15H21N3O5/c1-3-22-13(20)10-6-5-7-18(9-10)15-16-8-11(12(19)17-15)14(21)23-4-2/h8,10H,3-7,9H2,1-2H3,(H,16,17,19)/t10-/m1/s1. The zero-order chi connectivity index (χ0) is 16.8. The highest BCUT2D eigenvalue weighted by molar-refractivity contribution is 5.88. The second kappa shape index (κ2) is 7.75.